The predicted molar refractivity (Wildman–Crippen MR) is 122 cm³/mol. The van der Waals surface area contributed by atoms with Crippen molar-refractivity contribution in [1.29, 1.82) is 0 Å². The molecule has 4 rings (SSSR count). The summed E-state index contributed by atoms with van der Waals surface area (Å²) in [6.45, 7) is 0. The molecule has 0 unspecified atom stereocenters. The third-order valence-corrected chi connectivity index (χ3v) is 6.55. The molecule has 0 saturated heterocycles. The molecule has 0 fully saturated rings. The molecule has 3 aromatic rings. The summed E-state index contributed by atoms with van der Waals surface area (Å²) in [5, 5.41) is 0. The van der Waals surface area contributed by atoms with E-state index in [0.29, 0.717) is 21.3 Å². The van der Waals surface area contributed by atoms with Crippen molar-refractivity contribution < 1.29 is 22.7 Å². The minimum Gasteiger partial charge on any atom is -0.497 e. The number of rotatable bonds is 2. The Balaban J connectivity index is 0.000000196. The maximum Gasteiger partial charge on any atom is 0.261 e. The van der Waals surface area contributed by atoms with Gasteiger partial charge < -0.3 is 16.2 Å². The summed E-state index contributed by atoms with van der Waals surface area (Å²) in [5.74, 6) is -0.0608. The van der Waals surface area contributed by atoms with Crippen LogP contribution in [0.2, 0.25) is 0 Å². The highest BCUT2D eigenvalue weighted by Crippen LogP contribution is 2.38. The van der Waals surface area contributed by atoms with Crippen molar-refractivity contribution in [3.63, 3.8) is 0 Å². The fourth-order valence-corrected chi connectivity index (χ4v) is 4.30. The lowest BCUT2D eigenvalue weighted by Crippen LogP contribution is -2.24. The zero-order chi connectivity index (χ0) is 22.9. The van der Waals surface area contributed by atoms with Gasteiger partial charge in [-0.3, -0.25) is 9.59 Å². The first-order chi connectivity index (χ1) is 14.6. The smallest absolute Gasteiger partial charge is 0.261 e. The lowest BCUT2D eigenvalue weighted by atomic mass is 9.82. The Kier molecular flexibility index (Phi) is 6.40. The Hall–Kier alpha value is -2.88. The van der Waals surface area contributed by atoms with Crippen molar-refractivity contribution in [3.05, 3.63) is 81.3 Å². The fourth-order valence-electron chi connectivity index (χ4n) is 3.07. The number of benzene rings is 3. The molecule has 4 N–H and O–H groups in total. The van der Waals surface area contributed by atoms with Gasteiger partial charge in [0, 0.05) is 38.0 Å². The molecule has 0 saturated carbocycles. The molecular weight excluding hydrogens is 508 g/mol. The summed E-state index contributed by atoms with van der Waals surface area (Å²) in [5.41, 5.74) is 13.4. The molecule has 0 aliphatic heterocycles. The molecule has 3 aromatic carbocycles. The topological polar surface area (TPSA) is 130 Å². The summed E-state index contributed by atoms with van der Waals surface area (Å²) in [6.07, 6.45) is 0. The van der Waals surface area contributed by atoms with Gasteiger partial charge in [0.1, 0.15) is 5.75 Å². The second-order valence-electron chi connectivity index (χ2n) is 6.43. The number of ketones is 2. The van der Waals surface area contributed by atoms with E-state index in [1.165, 1.54) is 19.2 Å². The summed E-state index contributed by atoms with van der Waals surface area (Å²) in [6, 6.07) is 14.2. The zero-order valence-electron chi connectivity index (χ0n) is 16.1. The average Bonchev–Trinajstić information content (AvgIpc) is 2.74. The Bertz CT molecular complexity index is 1330. The number of hydrogen-bond donors (Lipinski definition) is 2. The van der Waals surface area contributed by atoms with Crippen LogP contribution in [0.3, 0.4) is 0 Å². The lowest BCUT2D eigenvalue weighted by Gasteiger charge is -2.21. The molecule has 7 nitrogen and oxygen atoms in total. The van der Waals surface area contributed by atoms with Crippen molar-refractivity contribution in [2.24, 2.45) is 0 Å². The van der Waals surface area contributed by atoms with Crippen molar-refractivity contribution in [2.75, 3.05) is 18.6 Å². The van der Waals surface area contributed by atoms with Gasteiger partial charge in [-0.15, -0.1) is 0 Å². The first-order valence-electron chi connectivity index (χ1n) is 8.70. The van der Waals surface area contributed by atoms with Crippen molar-refractivity contribution >= 4 is 58.6 Å². The maximum atomic E-state index is 12.5. The number of carbonyl (C=O) groups is 2. The molecule has 0 radical (unpaired) electrons. The van der Waals surface area contributed by atoms with Gasteiger partial charge in [-0.1, -0.05) is 30.3 Å². The summed E-state index contributed by atoms with van der Waals surface area (Å²) in [4.78, 5) is 24.9. The van der Waals surface area contributed by atoms with Gasteiger partial charge in [-0.25, -0.2) is 8.42 Å². The number of nitrogens with two attached hydrogens (primary N) is 2. The molecule has 0 atom stereocenters. The van der Waals surface area contributed by atoms with Crippen molar-refractivity contribution in [3.8, 4) is 5.75 Å². The van der Waals surface area contributed by atoms with Crippen molar-refractivity contribution in [1.82, 2.24) is 0 Å². The highest BCUT2D eigenvalue weighted by molar-refractivity contribution is 9.10. The van der Waals surface area contributed by atoms with Crippen LogP contribution in [-0.4, -0.2) is 27.1 Å². The predicted octanol–water partition coefficient (Wildman–Crippen LogP) is 4.01. The summed E-state index contributed by atoms with van der Waals surface area (Å²) in [7, 11) is 2.92. The van der Waals surface area contributed by atoms with E-state index in [2.05, 4.69) is 15.9 Å². The first kappa shape index (κ1) is 22.8. The van der Waals surface area contributed by atoms with Crippen LogP contribution in [0.1, 0.15) is 31.8 Å². The van der Waals surface area contributed by atoms with E-state index in [4.69, 9.17) is 26.9 Å². The van der Waals surface area contributed by atoms with Gasteiger partial charge >= 0.3 is 0 Å². The van der Waals surface area contributed by atoms with Gasteiger partial charge in [-0.05, 0) is 34.1 Å². The Morgan fingerprint density at radius 3 is 2.03 bits per heavy atom. The largest absolute Gasteiger partial charge is 0.497 e. The van der Waals surface area contributed by atoms with Gasteiger partial charge in [0.2, 0.25) is 0 Å². The monoisotopic (exact) mass is 522 g/mol. The number of methoxy groups -OCH3 is 1. The highest BCUT2D eigenvalue weighted by atomic mass is 79.9. The molecule has 1 aliphatic carbocycles. The standard InChI is InChI=1S/C14H9BrN2O2.C7H7ClO3S/c15-8-5-9(16)10-11(12(8)17)14(19)7-4-2-1-3-6(7)13(10)18;1-11-6-3-2-4-7(5-6)12(8,9)10/h1-5H,16-17H2;2-5H,1H3. The molecule has 31 heavy (non-hydrogen) atoms. The second-order valence-corrected chi connectivity index (χ2v) is 9.85. The maximum absolute atomic E-state index is 12.5. The Morgan fingerprint density at radius 1 is 0.903 bits per heavy atom. The molecular formula is C21H16BrClN2O5S. The van der Waals surface area contributed by atoms with Gasteiger partial charge in [0.15, 0.2) is 11.6 Å². The number of halogens is 2. The molecule has 10 heteroatoms. The minimum atomic E-state index is -3.64. The number of hydrogen-bond acceptors (Lipinski definition) is 7. The molecule has 160 valence electrons. The number of nitrogen functional groups attached to an aromatic ring is 2. The van der Waals surface area contributed by atoms with Gasteiger partial charge in [0.25, 0.3) is 9.05 Å². The zero-order valence-corrected chi connectivity index (χ0v) is 19.2. The Labute approximate surface area is 191 Å². The molecule has 0 spiro atoms. The third-order valence-electron chi connectivity index (χ3n) is 4.54. The van der Waals surface area contributed by atoms with E-state index in [0.717, 1.165) is 0 Å². The first-order valence-corrected chi connectivity index (χ1v) is 11.8. The van der Waals surface area contributed by atoms with Crippen LogP contribution in [0, 0.1) is 0 Å². The number of anilines is 2. The molecule has 0 amide bonds. The van der Waals surface area contributed by atoms with Crippen LogP contribution in [-0.2, 0) is 9.05 Å². The quantitative estimate of drug-likeness (QED) is 0.300. The summed E-state index contributed by atoms with van der Waals surface area (Å²) < 4.78 is 27.0. The average molecular weight is 524 g/mol. The highest BCUT2D eigenvalue weighted by Gasteiger charge is 2.33. The Morgan fingerprint density at radius 2 is 1.48 bits per heavy atom. The second kappa shape index (κ2) is 8.70. The molecule has 0 aromatic heterocycles. The summed E-state index contributed by atoms with van der Waals surface area (Å²) >= 11 is 3.24. The van der Waals surface area contributed by atoms with Crippen LogP contribution >= 0.6 is 26.6 Å². The molecule has 1 aliphatic rings. The van der Waals surface area contributed by atoms with E-state index in [1.54, 1.807) is 42.5 Å². The molecule has 0 bridgehead atoms. The van der Waals surface area contributed by atoms with Gasteiger partial charge in [0.05, 0.1) is 28.8 Å². The van der Waals surface area contributed by atoms with E-state index in [-0.39, 0.29) is 39.0 Å². The third kappa shape index (κ3) is 4.43. The van der Waals surface area contributed by atoms with Crippen LogP contribution in [0.25, 0.3) is 0 Å². The van der Waals surface area contributed by atoms with E-state index >= 15 is 0 Å². The van der Waals surface area contributed by atoms with Crippen molar-refractivity contribution in [2.45, 2.75) is 4.90 Å². The van der Waals surface area contributed by atoms with E-state index < -0.39 is 9.05 Å². The fraction of sp³-hybridized carbons (Fsp3) is 0.0476. The minimum absolute atomic E-state index is 0.0449. The van der Waals surface area contributed by atoms with Crippen LogP contribution in [0.4, 0.5) is 11.4 Å². The molecule has 0 heterocycles. The van der Waals surface area contributed by atoms with E-state index in [1.807, 2.05) is 0 Å². The lowest BCUT2D eigenvalue weighted by molar-refractivity contribution is 0.0980. The van der Waals surface area contributed by atoms with Crippen LogP contribution in [0.5, 0.6) is 5.75 Å². The number of fused-ring (bicyclic) bond motifs is 2. The van der Waals surface area contributed by atoms with Gasteiger partial charge in [-0.2, -0.15) is 0 Å². The number of ether oxygens (including phenoxy) is 1. The normalized spacial score (nSPS) is 12.4. The van der Waals surface area contributed by atoms with E-state index in [9.17, 15) is 18.0 Å². The number of carbonyl (C=O) groups excluding carboxylic acids is 2. The SMILES string of the molecule is COc1cccc(S(=O)(=O)Cl)c1.Nc1cc(Br)c(N)c2c1C(=O)c1ccccc1C2=O. The van der Waals surface area contributed by atoms with Crippen LogP contribution in [0.15, 0.2) is 64.0 Å². The van der Waals surface area contributed by atoms with Crippen LogP contribution < -0.4 is 16.2 Å².